The number of piperidine rings is 1. The molecular weight excluding hydrogens is 376 g/mol. The minimum absolute atomic E-state index is 0.0403. The topological polar surface area (TPSA) is 67.9 Å². The van der Waals surface area contributed by atoms with Crippen molar-refractivity contribution >= 4 is 23.2 Å². The van der Waals surface area contributed by atoms with Crippen molar-refractivity contribution in [2.45, 2.75) is 19.8 Å². The maximum Gasteiger partial charge on any atom is 0.263 e. The highest BCUT2D eigenvalue weighted by molar-refractivity contribution is 7.12. The second-order valence-electron chi connectivity index (χ2n) is 6.59. The van der Waals surface area contributed by atoms with Crippen LogP contribution in [0, 0.1) is 5.92 Å². The van der Waals surface area contributed by atoms with E-state index in [1.54, 1.807) is 0 Å². The first-order chi connectivity index (χ1) is 13.7. The minimum atomic E-state index is -0.0436. The molecule has 2 amide bonds. The van der Waals surface area contributed by atoms with Crippen molar-refractivity contribution in [3.8, 4) is 11.5 Å². The number of amides is 2. The Morgan fingerprint density at radius 3 is 2.39 bits per heavy atom. The summed E-state index contributed by atoms with van der Waals surface area (Å²) in [5, 5.41) is 4.84. The Morgan fingerprint density at radius 1 is 1.11 bits per heavy atom. The summed E-state index contributed by atoms with van der Waals surface area (Å²) in [6.07, 6.45) is 1.39. The van der Waals surface area contributed by atoms with Crippen LogP contribution in [0.2, 0.25) is 0 Å². The van der Waals surface area contributed by atoms with E-state index in [1.807, 2.05) is 53.6 Å². The first-order valence-electron chi connectivity index (χ1n) is 9.63. The summed E-state index contributed by atoms with van der Waals surface area (Å²) in [6, 6.07) is 11.2. The first-order valence-corrected chi connectivity index (χ1v) is 10.5. The van der Waals surface area contributed by atoms with Gasteiger partial charge in [0.05, 0.1) is 18.0 Å². The molecule has 2 aromatic rings. The van der Waals surface area contributed by atoms with Gasteiger partial charge in [-0.25, -0.2) is 0 Å². The van der Waals surface area contributed by atoms with E-state index in [4.69, 9.17) is 9.47 Å². The monoisotopic (exact) mass is 402 g/mol. The van der Waals surface area contributed by atoms with E-state index in [-0.39, 0.29) is 17.7 Å². The van der Waals surface area contributed by atoms with Gasteiger partial charge in [0, 0.05) is 19.0 Å². The van der Waals surface area contributed by atoms with Crippen LogP contribution in [0.25, 0.3) is 0 Å². The third-order valence-electron chi connectivity index (χ3n) is 4.69. The fourth-order valence-electron chi connectivity index (χ4n) is 3.19. The molecule has 1 N–H and O–H groups in total. The summed E-state index contributed by atoms with van der Waals surface area (Å²) in [4.78, 5) is 27.3. The highest BCUT2D eigenvalue weighted by Crippen LogP contribution is 2.21. The third kappa shape index (κ3) is 5.48. The average Bonchev–Trinajstić information content (AvgIpc) is 3.27. The number of nitrogens with one attached hydrogen (secondary N) is 1. The number of ether oxygens (including phenoxy) is 2. The summed E-state index contributed by atoms with van der Waals surface area (Å²) in [7, 11) is 0. The molecule has 6 nitrogen and oxygen atoms in total. The molecule has 0 radical (unpaired) electrons. The van der Waals surface area contributed by atoms with Gasteiger partial charge in [0.2, 0.25) is 5.91 Å². The van der Waals surface area contributed by atoms with Crippen molar-refractivity contribution in [3.05, 3.63) is 46.7 Å². The number of carbonyl (C=O) groups is 2. The Labute approximate surface area is 169 Å². The molecule has 0 saturated carbocycles. The summed E-state index contributed by atoms with van der Waals surface area (Å²) in [5.41, 5.74) is 0. The molecule has 1 fully saturated rings. The SMILES string of the molecule is CCOc1ccc(OCCNC(=O)C2CCN(C(=O)c3cccs3)CC2)cc1. The molecule has 0 unspecified atom stereocenters. The zero-order valence-electron chi connectivity index (χ0n) is 16.1. The van der Waals surface area contributed by atoms with E-state index in [9.17, 15) is 9.59 Å². The Bertz CT molecular complexity index is 753. The van der Waals surface area contributed by atoms with Crippen LogP contribution in [0.4, 0.5) is 0 Å². The third-order valence-corrected chi connectivity index (χ3v) is 5.55. The maximum absolute atomic E-state index is 12.4. The Balaban J connectivity index is 1.34. The van der Waals surface area contributed by atoms with Crippen LogP contribution in [0.5, 0.6) is 11.5 Å². The van der Waals surface area contributed by atoms with Crippen LogP contribution < -0.4 is 14.8 Å². The zero-order valence-corrected chi connectivity index (χ0v) is 16.9. The average molecular weight is 403 g/mol. The lowest BCUT2D eigenvalue weighted by Crippen LogP contribution is -2.43. The van der Waals surface area contributed by atoms with Crippen molar-refractivity contribution < 1.29 is 19.1 Å². The van der Waals surface area contributed by atoms with Crippen LogP contribution in [-0.2, 0) is 4.79 Å². The van der Waals surface area contributed by atoms with E-state index < -0.39 is 0 Å². The van der Waals surface area contributed by atoms with E-state index >= 15 is 0 Å². The van der Waals surface area contributed by atoms with Crippen molar-refractivity contribution in [2.75, 3.05) is 32.8 Å². The zero-order chi connectivity index (χ0) is 19.8. The first kappa shape index (κ1) is 20.2. The summed E-state index contributed by atoms with van der Waals surface area (Å²) in [6.45, 7) is 4.69. The van der Waals surface area contributed by atoms with Gasteiger partial charge < -0.3 is 19.7 Å². The summed E-state index contributed by atoms with van der Waals surface area (Å²) >= 11 is 1.46. The lowest BCUT2D eigenvalue weighted by Gasteiger charge is -2.31. The van der Waals surface area contributed by atoms with E-state index in [0.717, 1.165) is 16.4 Å². The van der Waals surface area contributed by atoms with Gasteiger partial charge in [-0.15, -0.1) is 11.3 Å². The van der Waals surface area contributed by atoms with Crippen LogP contribution in [0.1, 0.15) is 29.4 Å². The van der Waals surface area contributed by atoms with Gasteiger partial charge in [-0.05, 0) is 55.5 Å². The molecule has 3 rings (SSSR count). The van der Waals surface area contributed by atoms with Gasteiger partial charge in [0.15, 0.2) is 0 Å². The molecule has 1 saturated heterocycles. The normalized spacial score (nSPS) is 14.5. The number of carbonyl (C=O) groups excluding carboxylic acids is 2. The van der Waals surface area contributed by atoms with Crippen molar-refractivity contribution in [1.82, 2.24) is 10.2 Å². The van der Waals surface area contributed by atoms with E-state index in [2.05, 4.69) is 5.32 Å². The fourth-order valence-corrected chi connectivity index (χ4v) is 3.88. The highest BCUT2D eigenvalue weighted by atomic mass is 32.1. The molecule has 1 aromatic heterocycles. The second-order valence-corrected chi connectivity index (χ2v) is 7.54. The Morgan fingerprint density at radius 2 is 1.79 bits per heavy atom. The number of hydrogen-bond acceptors (Lipinski definition) is 5. The van der Waals surface area contributed by atoms with Gasteiger partial charge in [0.1, 0.15) is 18.1 Å². The maximum atomic E-state index is 12.4. The van der Waals surface area contributed by atoms with E-state index in [0.29, 0.717) is 45.7 Å². The number of nitrogens with zero attached hydrogens (tertiary/aromatic N) is 1. The minimum Gasteiger partial charge on any atom is -0.494 e. The largest absolute Gasteiger partial charge is 0.494 e. The van der Waals surface area contributed by atoms with Crippen LogP contribution in [-0.4, -0.2) is 49.6 Å². The fraction of sp³-hybridized carbons (Fsp3) is 0.429. The number of hydrogen-bond donors (Lipinski definition) is 1. The van der Waals surface area contributed by atoms with Gasteiger partial charge in [0.25, 0.3) is 5.91 Å². The molecule has 28 heavy (non-hydrogen) atoms. The predicted octanol–water partition coefficient (Wildman–Crippen LogP) is 3.19. The van der Waals surface area contributed by atoms with Gasteiger partial charge in [-0.2, -0.15) is 0 Å². The standard InChI is InChI=1S/C21H26N2O4S/c1-2-26-17-5-7-18(8-6-17)27-14-11-22-20(24)16-9-12-23(13-10-16)21(25)19-4-3-15-28-19/h3-8,15-16H,2,9-14H2,1H3,(H,22,24). The molecule has 1 aliphatic heterocycles. The molecule has 150 valence electrons. The Kier molecular flexibility index (Phi) is 7.31. The second kappa shape index (κ2) is 10.1. The molecule has 1 aromatic carbocycles. The van der Waals surface area contributed by atoms with Gasteiger partial charge >= 0.3 is 0 Å². The van der Waals surface area contributed by atoms with E-state index in [1.165, 1.54) is 11.3 Å². The molecule has 0 atom stereocenters. The van der Waals surface area contributed by atoms with Gasteiger partial charge in [-0.1, -0.05) is 6.07 Å². The van der Waals surface area contributed by atoms with Crippen LogP contribution >= 0.6 is 11.3 Å². The Hall–Kier alpha value is -2.54. The molecule has 2 heterocycles. The number of likely N-dealkylation sites (tertiary alicyclic amines) is 1. The van der Waals surface area contributed by atoms with Crippen LogP contribution in [0.3, 0.4) is 0 Å². The van der Waals surface area contributed by atoms with Crippen molar-refractivity contribution in [2.24, 2.45) is 5.92 Å². The number of thiophene rings is 1. The lowest BCUT2D eigenvalue weighted by atomic mass is 9.96. The smallest absolute Gasteiger partial charge is 0.263 e. The molecular formula is C21H26N2O4S. The highest BCUT2D eigenvalue weighted by Gasteiger charge is 2.27. The molecule has 0 spiro atoms. The lowest BCUT2D eigenvalue weighted by molar-refractivity contribution is -0.126. The molecule has 7 heteroatoms. The van der Waals surface area contributed by atoms with Gasteiger partial charge in [-0.3, -0.25) is 9.59 Å². The quantitative estimate of drug-likeness (QED) is 0.689. The molecule has 0 bridgehead atoms. The molecule has 1 aliphatic rings. The van der Waals surface area contributed by atoms with Crippen molar-refractivity contribution in [1.29, 1.82) is 0 Å². The summed E-state index contributed by atoms with van der Waals surface area (Å²) < 4.78 is 11.0. The summed E-state index contributed by atoms with van der Waals surface area (Å²) in [5.74, 6) is 1.62. The van der Waals surface area contributed by atoms with Crippen LogP contribution in [0.15, 0.2) is 41.8 Å². The molecule has 0 aliphatic carbocycles. The van der Waals surface area contributed by atoms with Crippen molar-refractivity contribution in [3.63, 3.8) is 0 Å². The number of rotatable bonds is 8. The predicted molar refractivity (Wildman–Crippen MR) is 109 cm³/mol. The number of benzene rings is 1.